The van der Waals surface area contributed by atoms with Crippen LogP contribution >= 0.6 is 15.9 Å². The van der Waals surface area contributed by atoms with Crippen molar-refractivity contribution >= 4 is 39.1 Å². The number of aryl methyl sites for hydroxylation is 1. The van der Waals surface area contributed by atoms with Crippen LogP contribution in [0.1, 0.15) is 18.4 Å². The molecule has 0 atom stereocenters. The van der Waals surface area contributed by atoms with Crippen LogP contribution in [0.15, 0.2) is 46.9 Å². The molecule has 26 heavy (non-hydrogen) atoms. The molecule has 0 aromatic heterocycles. The highest BCUT2D eigenvalue weighted by atomic mass is 79.9. The van der Waals surface area contributed by atoms with Crippen LogP contribution in [0.3, 0.4) is 0 Å². The van der Waals surface area contributed by atoms with E-state index in [4.69, 9.17) is 4.74 Å². The van der Waals surface area contributed by atoms with E-state index in [-0.39, 0.29) is 18.4 Å². The minimum Gasteiger partial charge on any atom is -0.484 e. The van der Waals surface area contributed by atoms with Crippen molar-refractivity contribution in [1.29, 1.82) is 0 Å². The van der Waals surface area contributed by atoms with Crippen LogP contribution in [0.4, 0.5) is 11.4 Å². The molecule has 3 rings (SSSR count). The lowest BCUT2D eigenvalue weighted by atomic mass is 10.2. The van der Waals surface area contributed by atoms with E-state index < -0.39 is 0 Å². The molecule has 1 fully saturated rings. The minimum atomic E-state index is -0.134. The van der Waals surface area contributed by atoms with Crippen molar-refractivity contribution in [2.45, 2.75) is 19.8 Å². The second kappa shape index (κ2) is 7.91. The lowest BCUT2D eigenvalue weighted by Gasteiger charge is -2.19. The van der Waals surface area contributed by atoms with E-state index in [2.05, 4.69) is 15.9 Å². The van der Waals surface area contributed by atoms with Gasteiger partial charge in [-0.3, -0.25) is 9.59 Å². The van der Waals surface area contributed by atoms with Crippen molar-refractivity contribution in [2.75, 3.05) is 30.0 Å². The SMILES string of the molecule is Cc1cc(N(C)C(=O)COc2ccc(N3CCCC3=O)cc2)ccc1Br. The Kier molecular flexibility index (Phi) is 5.61. The molecule has 6 heteroatoms. The summed E-state index contributed by atoms with van der Waals surface area (Å²) in [6, 6.07) is 13.0. The maximum Gasteiger partial charge on any atom is 0.264 e. The van der Waals surface area contributed by atoms with Crippen molar-refractivity contribution in [2.24, 2.45) is 0 Å². The zero-order chi connectivity index (χ0) is 18.7. The summed E-state index contributed by atoms with van der Waals surface area (Å²) in [5.41, 5.74) is 2.76. The molecule has 2 aromatic carbocycles. The van der Waals surface area contributed by atoms with Crippen molar-refractivity contribution in [3.8, 4) is 5.75 Å². The molecule has 0 N–H and O–H groups in total. The van der Waals surface area contributed by atoms with Crippen molar-refractivity contribution in [3.05, 3.63) is 52.5 Å². The molecule has 2 amide bonds. The zero-order valence-electron chi connectivity index (χ0n) is 14.9. The Morgan fingerprint density at radius 3 is 2.58 bits per heavy atom. The maximum absolute atomic E-state index is 12.4. The van der Waals surface area contributed by atoms with Crippen LogP contribution in [0.2, 0.25) is 0 Å². The smallest absolute Gasteiger partial charge is 0.264 e. The third-order valence-corrected chi connectivity index (χ3v) is 5.38. The van der Waals surface area contributed by atoms with Crippen LogP contribution in [0, 0.1) is 6.92 Å². The van der Waals surface area contributed by atoms with Gasteiger partial charge in [0.1, 0.15) is 5.75 Å². The monoisotopic (exact) mass is 416 g/mol. The third kappa shape index (κ3) is 4.07. The predicted octanol–water partition coefficient (Wildman–Crippen LogP) is 3.93. The van der Waals surface area contributed by atoms with Gasteiger partial charge in [0.15, 0.2) is 6.61 Å². The van der Waals surface area contributed by atoms with Gasteiger partial charge in [-0.1, -0.05) is 15.9 Å². The average molecular weight is 417 g/mol. The Hall–Kier alpha value is -2.34. The van der Waals surface area contributed by atoms with Crippen LogP contribution in [-0.2, 0) is 9.59 Å². The predicted molar refractivity (Wildman–Crippen MR) is 106 cm³/mol. The first-order valence-corrected chi connectivity index (χ1v) is 9.31. The van der Waals surface area contributed by atoms with Crippen LogP contribution in [0.25, 0.3) is 0 Å². The molecule has 0 radical (unpaired) electrons. The van der Waals surface area contributed by atoms with Crippen LogP contribution < -0.4 is 14.5 Å². The van der Waals surface area contributed by atoms with Gasteiger partial charge in [0.2, 0.25) is 5.91 Å². The number of nitrogens with zero attached hydrogens (tertiary/aromatic N) is 2. The number of rotatable bonds is 5. The number of benzene rings is 2. The number of anilines is 2. The van der Waals surface area contributed by atoms with Gasteiger partial charge in [-0.05, 0) is 61.4 Å². The maximum atomic E-state index is 12.4. The van der Waals surface area contributed by atoms with Crippen LogP contribution in [0.5, 0.6) is 5.75 Å². The number of likely N-dealkylation sites (N-methyl/N-ethyl adjacent to an activating group) is 1. The van der Waals surface area contributed by atoms with Gasteiger partial charge in [-0.15, -0.1) is 0 Å². The van der Waals surface area contributed by atoms with Gasteiger partial charge < -0.3 is 14.5 Å². The summed E-state index contributed by atoms with van der Waals surface area (Å²) in [7, 11) is 1.73. The summed E-state index contributed by atoms with van der Waals surface area (Å²) in [5.74, 6) is 0.625. The van der Waals surface area contributed by atoms with Gasteiger partial charge in [-0.25, -0.2) is 0 Å². The summed E-state index contributed by atoms with van der Waals surface area (Å²) < 4.78 is 6.61. The minimum absolute atomic E-state index is 0.0480. The molecule has 0 spiro atoms. The molecular formula is C20H21BrN2O3. The molecule has 1 saturated heterocycles. The highest BCUT2D eigenvalue weighted by Gasteiger charge is 2.21. The topological polar surface area (TPSA) is 49.9 Å². The van der Waals surface area contributed by atoms with Crippen molar-refractivity contribution in [3.63, 3.8) is 0 Å². The lowest BCUT2D eigenvalue weighted by molar-refractivity contribution is -0.120. The fourth-order valence-corrected chi connectivity index (χ4v) is 3.11. The van der Waals surface area contributed by atoms with Crippen LogP contribution in [-0.4, -0.2) is 32.0 Å². The first-order chi connectivity index (χ1) is 12.5. The molecule has 5 nitrogen and oxygen atoms in total. The highest BCUT2D eigenvalue weighted by Crippen LogP contribution is 2.25. The molecule has 0 bridgehead atoms. The Labute approximate surface area is 161 Å². The van der Waals surface area contributed by atoms with Gasteiger partial charge in [0, 0.05) is 35.9 Å². The summed E-state index contributed by atoms with van der Waals surface area (Å²) in [6.07, 6.45) is 1.50. The summed E-state index contributed by atoms with van der Waals surface area (Å²) in [4.78, 5) is 27.5. The first-order valence-electron chi connectivity index (χ1n) is 8.51. The molecular weight excluding hydrogens is 396 g/mol. The summed E-state index contributed by atoms with van der Waals surface area (Å²) >= 11 is 3.46. The normalized spacial score (nSPS) is 13.8. The molecule has 1 aliphatic rings. The number of amides is 2. The lowest BCUT2D eigenvalue weighted by Crippen LogP contribution is -2.31. The standard InChI is InChI=1S/C20H21BrN2O3/c1-14-12-16(7-10-18(14)21)22(2)20(25)13-26-17-8-5-15(6-9-17)23-11-3-4-19(23)24/h5-10,12H,3-4,11,13H2,1-2H3. The van der Waals surface area contributed by atoms with E-state index >= 15 is 0 Å². The number of ether oxygens (including phenoxy) is 1. The first kappa shape index (κ1) is 18.5. The van der Waals surface area contributed by atoms with E-state index in [0.717, 1.165) is 34.4 Å². The molecule has 1 aliphatic heterocycles. The molecule has 0 unspecified atom stereocenters. The molecule has 1 heterocycles. The van der Waals surface area contributed by atoms with Crippen molar-refractivity contribution in [1.82, 2.24) is 0 Å². The Morgan fingerprint density at radius 1 is 1.23 bits per heavy atom. The Morgan fingerprint density at radius 2 is 1.96 bits per heavy atom. The number of carbonyl (C=O) groups excluding carboxylic acids is 2. The Balaban J connectivity index is 1.58. The second-order valence-electron chi connectivity index (χ2n) is 6.32. The zero-order valence-corrected chi connectivity index (χ0v) is 16.5. The fourth-order valence-electron chi connectivity index (χ4n) is 2.87. The third-order valence-electron chi connectivity index (χ3n) is 4.49. The Bertz CT molecular complexity index is 820. The largest absolute Gasteiger partial charge is 0.484 e. The van der Waals surface area contributed by atoms with E-state index in [1.807, 2.05) is 37.3 Å². The molecule has 136 valence electrons. The summed E-state index contributed by atoms with van der Waals surface area (Å²) in [5, 5.41) is 0. The quantitative estimate of drug-likeness (QED) is 0.741. The van der Waals surface area contributed by atoms with Gasteiger partial charge in [0.25, 0.3) is 5.91 Å². The number of hydrogen-bond acceptors (Lipinski definition) is 3. The average Bonchev–Trinajstić information content (AvgIpc) is 3.07. The van der Waals surface area contributed by atoms with Gasteiger partial charge in [-0.2, -0.15) is 0 Å². The number of halogens is 1. The second-order valence-corrected chi connectivity index (χ2v) is 7.17. The van der Waals surface area contributed by atoms with E-state index in [0.29, 0.717) is 12.2 Å². The fraction of sp³-hybridized carbons (Fsp3) is 0.300. The van der Waals surface area contributed by atoms with E-state index in [1.165, 1.54) is 0 Å². The van der Waals surface area contributed by atoms with E-state index in [9.17, 15) is 9.59 Å². The molecule has 2 aromatic rings. The summed E-state index contributed by atoms with van der Waals surface area (Å²) in [6.45, 7) is 2.69. The van der Waals surface area contributed by atoms with Gasteiger partial charge >= 0.3 is 0 Å². The van der Waals surface area contributed by atoms with E-state index in [1.54, 1.807) is 29.0 Å². The molecule has 0 aliphatic carbocycles. The van der Waals surface area contributed by atoms with Crippen molar-refractivity contribution < 1.29 is 14.3 Å². The van der Waals surface area contributed by atoms with Gasteiger partial charge in [0.05, 0.1) is 0 Å². The number of hydrogen-bond donors (Lipinski definition) is 0. The molecule has 0 saturated carbocycles. The highest BCUT2D eigenvalue weighted by molar-refractivity contribution is 9.10. The number of carbonyl (C=O) groups is 2.